The molecule has 0 radical (unpaired) electrons. The van der Waals surface area contributed by atoms with Crippen molar-refractivity contribution in [1.82, 2.24) is 10.2 Å². The summed E-state index contributed by atoms with van der Waals surface area (Å²) in [6, 6.07) is 14.1. The molecule has 8 heteroatoms. The van der Waals surface area contributed by atoms with Gasteiger partial charge in [-0.05, 0) is 29.8 Å². The zero-order chi connectivity index (χ0) is 22.1. The van der Waals surface area contributed by atoms with Crippen LogP contribution in [0.3, 0.4) is 0 Å². The number of methoxy groups -OCH3 is 3. The van der Waals surface area contributed by atoms with Crippen molar-refractivity contribution >= 4 is 11.6 Å². The highest BCUT2D eigenvalue weighted by Gasteiger charge is 2.23. The van der Waals surface area contributed by atoms with E-state index >= 15 is 0 Å². The van der Waals surface area contributed by atoms with Crippen LogP contribution in [-0.2, 0) is 4.74 Å². The Morgan fingerprint density at radius 3 is 2.32 bits per heavy atom. The maximum atomic E-state index is 5.55. The molecule has 0 spiro atoms. The number of guanidine groups is 1. The van der Waals surface area contributed by atoms with E-state index in [2.05, 4.69) is 32.7 Å². The van der Waals surface area contributed by atoms with Gasteiger partial charge in [0.25, 0.3) is 0 Å². The monoisotopic (exact) mass is 428 g/mol. The molecule has 1 saturated heterocycles. The van der Waals surface area contributed by atoms with Gasteiger partial charge in [-0.2, -0.15) is 0 Å². The number of aliphatic imine (C=N–C) groups is 1. The SMILES string of the molecule is CN=C(NCC(c1ccc(OC)cc1)N1CCOCC1)Nc1ccc(OC)c(OC)c1. The van der Waals surface area contributed by atoms with Crippen LogP contribution in [0.2, 0.25) is 0 Å². The lowest BCUT2D eigenvalue weighted by molar-refractivity contribution is 0.0170. The van der Waals surface area contributed by atoms with E-state index in [0.717, 1.165) is 37.7 Å². The van der Waals surface area contributed by atoms with Gasteiger partial charge in [-0.3, -0.25) is 9.89 Å². The van der Waals surface area contributed by atoms with Gasteiger partial charge < -0.3 is 29.6 Å². The number of anilines is 1. The van der Waals surface area contributed by atoms with Gasteiger partial charge in [0, 0.05) is 38.4 Å². The molecule has 0 aromatic heterocycles. The van der Waals surface area contributed by atoms with E-state index in [-0.39, 0.29) is 6.04 Å². The Bertz CT molecular complexity index is 851. The molecule has 31 heavy (non-hydrogen) atoms. The van der Waals surface area contributed by atoms with E-state index in [9.17, 15) is 0 Å². The first-order valence-corrected chi connectivity index (χ1v) is 10.3. The average molecular weight is 429 g/mol. The summed E-state index contributed by atoms with van der Waals surface area (Å²) in [5, 5.41) is 6.78. The summed E-state index contributed by atoms with van der Waals surface area (Å²) in [5.41, 5.74) is 2.08. The van der Waals surface area contributed by atoms with Crippen LogP contribution in [0.4, 0.5) is 5.69 Å². The van der Waals surface area contributed by atoms with Crippen molar-refractivity contribution in [3.8, 4) is 17.2 Å². The number of hydrogen-bond donors (Lipinski definition) is 2. The fourth-order valence-electron chi connectivity index (χ4n) is 3.60. The maximum Gasteiger partial charge on any atom is 0.195 e. The second kappa shape index (κ2) is 11.4. The van der Waals surface area contributed by atoms with E-state index in [1.54, 1.807) is 28.4 Å². The van der Waals surface area contributed by atoms with E-state index in [1.807, 2.05) is 30.3 Å². The molecule has 1 aliphatic heterocycles. The van der Waals surface area contributed by atoms with Crippen LogP contribution in [0.5, 0.6) is 17.2 Å². The summed E-state index contributed by atoms with van der Waals surface area (Å²) in [5.74, 6) is 2.87. The Kier molecular flexibility index (Phi) is 8.37. The molecular weight excluding hydrogens is 396 g/mol. The van der Waals surface area contributed by atoms with Gasteiger partial charge >= 0.3 is 0 Å². The van der Waals surface area contributed by atoms with E-state index in [4.69, 9.17) is 18.9 Å². The first-order valence-electron chi connectivity index (χ1n) is 10.3. The molecule has 0 amide bonds. The summed E-state index contributed by atoms with van der Waals surface area (Å²) < 4.78 is 21.6. The van der Waals surface area contributed by atoms with Gasteiger partial charge in [0.2, 0.25) is 0 Å². The van der Waals surface area contributed by atoms with E-state index < -0.39 is 0 Å². The predicted molar refractivity (Wildman–Crippen MR) is 123 cm³/mol. The highest BCUT2D eigenvalue weighted by Crippen LogP contribution is 2.29. The van der Waals surface area contributed by atoms with Crippen LogP contribution in [0.25, 0.3) is 0 Å². The molecule has 1 atom stereocenters. The molecule has 0 aliphatic carbocycles. The summed E-state index contributed by atoms with van der Waals surface area (Å²) in [7, 11) is 6.68. The quantitative estimate of drug-likeness (QED) is 0.495. The first kappa shape index (κ1) is 22.7. The van der Waals surface area contributed by atoms with Crippen molar-refractivity contribution in [2.75, 3.05) is 66.5 Å². The Hall–Kier alpha value is -2.97. The Labute approximate surface area is 184 Å². The van der Waals surface area contributed by atoms with Crippen molar-refractivity contribution in [2.24, 2.45) is 4.99 Å². The smallest absolute Gasteiger partial charge is 0.195 e. The lowest BCUT2D eigenvalue weighted by Gasteiger charge is -2.35. The molecule has 1 heterocycles. The zero-order valence-electron chi connectivity index (χ0n) is 18.7. The molecule has 8 nitrogen and oxygen atoms in total. The van der Waals surface area contributed by atoms with Crippen molar-refractivity contribution in [2.45, 2.75) is 6.04 Å². The molecule has 1 fully saturated rings. The molecule has 2 aromatic rings. The molecule has 0 bridgehead atoms. The summed E-state index contributed by atoms with van der Waals surface area (Å²) in [6.45, 7) is 3.95. The maximum absolute atomic E-state index is 5.55. The van der Waals surface area contributed by atoms with Crippen LogP contribution in [0.1, 0.15) is 11.6 Å². The number of hydrogen-bond acceptors (Lipinski definition) is 6. The molecule has 168 valence electrons. The van der Waals surface area contributed by atoms with Crippen LogP contribution in [0.15, 0.2) is 47.5 Å². The topological polar surface area (TPSA) is 76.6 Å². The van der Waals surface area contributed by atoms with E-state index in [0.29, 0.717) is 24.0 Å². The van der Waals surface area contributed by atoms with Gasteiger partial charge in [-0.1, -0.05) is 12.1 Å². The van der Waals surface area contributed by atoms with Gasteiger partial charge in [0.1, 0.15) is 5.75 Å². The van der Waals surface area contributed by atoms with Crippen molar-refractivity contribution in [3.05, 3.63) is 48.0 Å². The van der Waals surface area contributed by atoms with E-state index in [1.165, 1.54) is 5.56 Å². The fraction of sp³-hybridized carbons (Fsp3) is 0.435. The molecule has 1 aliphatic rings. The molecule has 0 saturated carbocycles. The van der Waals surface area contributed by atoms with Crippen LogP contribution in [0, 0.1) is 0 Å². The largest absolute Gasteiger partial charge is 0.497 e. The van der Waals surface area contributed by atoms with Crippen molar-refractivity contribution < 1.29 is 18.9 Å². The van der Waals surface area contributed by atoms with Gasteiger partial charge in [0.05, 0.1) is 40.6 Å². The average Bonchev–Trinajstić information content (AvgIpc) is 2.84. The summed E-state index contributed by atoms with van der Waals surface area (Å²) >= 11 is 0. The molecule has 2 aromatic carbocycles. The minimum absolute atomic E-state index is 0.179. The number of nitrogens with zero attached hydrogens (tertiary/aromatic N) is 2. The van der Waals surface area contributed by atoms with Gasteiger partial charge in [0.15, 0.2) is 17.5 Å². The second-order valence-corrected chi connectivity index (χ2v) is 7.09. The molecular formula is C23H32N4O4. The third kappa shape index (κ3) is 6.02. The summed E-state index contributed by atoms with van der Waals surface area (Å²) in [6.07, 6.45) is 0. The van der Waals surface area contributed by atoms with Crippen molar-refractivity contribution in [1.29, 1.82) is 0 Å². The normalized spacial score (nSPS) is 15.8. The molecule has 2 N–H and O–H groups in total. The third-order valence-electron chi connectivity index (χ3n) is 5.32. The Morgan fingerprint density at radius 1 is 1.00 bits per heavy atom. The van der Waals surface area contributed by atoms with Crippen LogP contribution < -0.4 is 24.8 Å². The second-order valence-electron chi connectivity index (χ2n) is 7.09. The highest BCUT2D eigenvalue weighted by molar-refractivity contribution is 5.93. The van der Waals surface area contributed by atoms with Gasteiger partial charge in [-0.25, -0.2) is 0 Å². The molecule has 3 rings (SSSR count). The Balaban J connectivity index is 1.71. The van der Waals surface area contributed by atoms with Crippen molar-refractivity contribution in [3.63, 3.8) is 0 Å². The zero-order valence-corrected chi connectivity index (χ0v) is 18.7. The van der Waals surface area contributed by atoms with Crippen LogP contribution >= 0.6 is 0 Å². The van der Waals surface area contributed by atoms with Crippen LogP contribution in [-0.4, -0.2) is 72.1 Å². The minimum atomic E-state index is 0.179. The number of morpholine rings is 1. The lowest BCUT2D eigenvalue weighted by atomic mass is 10.0. The van der Waals surface area contributed by atoms with Gasteiger partial charge in [-0.15, -0.1) is 0 Å². The number of benzene rings is 2. The highest BCUT2D eigenvalue weighted by atomic mass is 16.5. The number of rotatable bonds is 8. The predicted octanol–water partition coefficient (Wildman–Crippen LogP) is 2.77. The first-order chi connectivity index (χ1) is 15.2. The standard InChI is InChI=1S/C23H32N4O4/c1-24-23(26-18-7-10-21(29-3)22(15-18)30-4)25-16-20(27-11-13-31-14-12-27)17-5-8-19(28-2)9-6-17/h5-10,15,20H,11-14,16H2,1-4H3,(H2,24,25,26). The Morgan fingerprint density at radius 2 is 1.71 bits per heavy atom. The number of nitrogens with one attached hydrogen (secondary N) is 2. The third-order valence-corrected chi connectivity index (χ3v) is 5.32. The summed E-state index contributed by atoms with van der Waals surface area (Å²) in [4.78, 5) is 6.81. The fourth-order valence-corrected chi connectivity index (χ4v) is 3.60. The number of ether oxygens (including phenoxy) is 4. The minimum Gasteiger partial charge on any atom is -0.497 e. The lowest BCUT2D eigenvalue weighted by Crippen LogP contribution is -2.44. The molecule has 1 unspecified atom stereocenters.